The highest BCUT2D eigenvalue weighted by Gasteiger charge is 2.06. The van der Waals surface area contributed by atoms with Gasteiger partial charge in [0.2, 0.25) is 0 Å². The summed E-state index contributed by atoms with van der Waals surface area (Å²) in [6.45, 7) is 0. The number of nitrogens with one attached hydrogen (secondary N) is 1. The molecule has 0 amide bonds. The summed E-state index contributed by atoms with van der Waals surface area (Å²) < 4.78 is 0. The largest absolute Gasteiger partial charge is 0.321 e. The van der Waals surface area contributed by atoms with Gasteiger partial charge in [0.15, 0.2) is 5.29 Å². The molecule has 0 spiro atoms. The number of halogens is 2. The molecule has 9 heavy (non-hydrogen) atoms. The number of aliphatic imine (C=N–C) groups is 1. The summed E-state index contributed by atoms with van der Waals surface area (Å²) in [7, 11) is 0. The van der Waals surface area contributed by atoms with Gasteiger partial charge in [-0.15, -0.1) is 0 Å². The standard InChI is InChI=1S/C4H5Cl2N3/c5-2-1-3(7)9-4(6)8-2/h1,3H,7H2,(H,8,9)/t3-/m0/s1. The van der Waals surface area contributed by atoms with Crippen molar-refractivity contribution >= 4 is 28.5 Å². The topological polar surface area (TPSA) is 50.4 Å². The van der Waals surface area contributed by atoms with Crippen molar-refractivity contribution in [1.29, 1.82) is 0 Å². The fourth-order valence-electron chi connectivity index (χ4n) is 0.491. The van der Waals surface area contributed by atoms with Crippen LogP contribution in [0.4, 0.5) is 0 Å². The van der Waals surface area contributed by atoms with Crippen molar-refractivity contribution in [2.75, 3.05) is 0 Å². The minimum absolute atomic E-state index is 0.231. The molecule has 0 aromatic rings. The zero-order chi connectivity index (χ0) is 6.85. The molecule has 0 aromatic heterocycles. The fraction of sp³-hybridized carbons (Fsp3) is 0.250. The molecule has 3 nitrogen and oxygen atoms in total. The van der Waals surface area contributed by atoms with E-state index in [1.54, 1.807) is 6.08 Å². The van der Waals surface area contributed by atoms with Gasteiger partial charge in [-0.3, -0.25) is 0 Å². The van der Waals surface area contributed by atoms with Gasteiger partial charge >= 0.3 is 0 Å². The monoisotopic (exact) mass is 165 g/mol. The Bertz CT molecular complexity index is 157. The molecule has 0 aliphatic carbocycles. The summed E-state index contributed by atoms with van der Waals surface area (Å²) in [5.74, 6) is 0. The van der Waals surface area contributed by atoms with Crippen LogP contribution in [0.5, 0.6) is 0 Å². The Kier molecular flexibility index (Phi) is 1.95. The van der Waals surface area contributed by atoms with Crippen molar-refractivity contribution in [1.82, 2.24) is 5.32 Å². The molecule has 1 aliphatic rings. The first-order chi connectivity index (χ1) is 4.18. The van der Waals surface area contributed by atoms with Gasteiger partial charge in [0.05, 0.1) is 0 Å². The van der Waals surface area contributed by atoms with Crippen LogP contribution in [-0.2, 0) is 0 Å². The first kappa shape index (κ1) is 6.86. The molecule has 0 saturated carbocycles. The first-order valence-electron chi connectivity index (χ1n) is 2.32. The maximum absolute atomic E-state index is 5.51. The number of nitrogens with two attached hydrogens (primary N) is 1. The van der Waals surface area contributed by atoms with E-state index in [9.17, 15) is 0 Å². The molecule has 50 valence electrons. The molecule has 0 fully saturated rings. The fourth-order valence-corrected chi connectivity index (χ4v) is 0.972. The summed E-state index contributed by atoms with van der Waals surface area (Å²) >= 11 is 11.0. The SMILES string of the molecule is N[C@@H]1C=C(Cl)NC(Cl)=N1. The molecule has 3 N–H and O–H groups in total. The van der Waals surface area contributed by atoms with Crippen LogP contribution in [0.25, 0.3) is 0 Å². The second-order valence-electron chi connectivity index (χ2n) is 1.55. The van der Waals surface area contributed by atoms with E-state index in [0.29, 0.717) is 5.16 Å². The lowest BCUT2D eigenvalue weighted by Gasteiger charge is -2.10. The highest BCUT2D eigenvalue weighted by molar-refractivity contribution is 6.65. The van der Waals surface area contributed by atoms with Crippen LogP contribution in [0.1, 0.15) is 0 Å². The Morgan fingerprint density at radius 1 is 1.67 bits per heavy atom. The average molecular weight is 166 g/mol. The van der Waals surface area contributed by atoms with Gasteiger partial charge in [0.25, 0.3) is 0 Å². The number of hydrogen-bond donors (Lipinski definition) is 2. The van der Waals surface area contributed by atoms with Crippen molar-refractivity contribution in [2.45, 2.75) is 6.17 Å². The third kappa shape index (κ3) is 1.86. The summed E-state index contributed by atoms with van der Waals surface area (Å²) in [5.41, 5.74) is 5.34. The van der Waals surface area contributed by atoms with E-state index in [-0.39, 0.29) is 5.29 Å². The Labute approximate surface area is 62.5 Å². The normalized spacial score (nSPS) is 26.3. The molecule has 5 heteroatoms. The van der Waals surface area contributed by atoms with E-state index in [1.807, 2.05) is 0 Å². The van der Waals surface area contributed by atoms with Crippen molar-refractivity contribution in [3.8, 4) is 0 Å². The van der Waals surface area contributed by atoms with Crippen molar-refractivity contribution in [3.05, 3.63) is 11.2 Å². The molecular weight excluding hydrogens is 161 g/mol. The van der Waals surface area contributed by atoms with E-state index in [1.165, 1.54) is 0 Å². The van der Waals surface area contributed by atoms with Crippen molar-refractivity contribution in [2.24, 2.45) is 10.7 Å². The third-order valence-corrected chi connectivity index (χ3v) is 1.21. The zero-order valence-corrected chi connectivity index (χ0v) is 5.95. The van der Waals surface area contributed by atoms with E-state index in [2.05, 4.69) is 10.3 Å². The lowest BCUT2D eigenvalue weighted by atomic mass is 10.5. The second kappa shape index (κ2) is 2.56. The van der Waals surface area contributed by atoms with Crippen LogP contribution in [0, 0.1) is 0 Å². The Morgan fingerprint density at radius 2 is 2.33 bits per heavy atom. The van der Waals surface area contributed by atoms with Gasteiger partial charge in [-0.1, -0.05) is 11.6 Å². The summed E-state index contributed by atoms with van der Waals surface area (Å²) in [4.78, 5) is 3.72. The number of amidine groups is 1. The van der Waals surface area contributed by atoms with Gasteiger partial charge in [-0.05, 0) is 17.7 Å². The van der Waals surface area contributed by atoms with Gasteiger partial charge in [0, 0.05) is 0 Å². The maximum Gasteiger partial charge on any atom is 0.198 e. The third-order valence-electron chi connectivity index (χ3n) is 0.802. The molecule has 0 unspecified atom stereocenters. The van der Waals surface area contributed by atoms with Gasteiger partial charge in [-0.25, -0.2) is 4.99 Å². The lowest BCUT2D eigenvalue weighted by Crippen LogP contribution is -2.27. The van der Waals surface area contributed by atoms with Crippen LogP contribution in [0.15, 0.2) is 16.2 Å². The van der Waals surface area contributed by atoms with E-state index in [0.717, 1.165) is 0 Å². The highest BCUT2D eigenvalue weighted by Crippen LogP contribution is 2.05. The first-order valence-corrected chi connectivity index (χ1v) is 3.07. The Balaban J connectivity index is 2.69. The Morgan fingerprint density at radius 3 is 2.78 bits per heavy atom. The number of rotatable bonds is 0. The Hall–Kier alpha value is -0.250. The number of hydrogen-bond acceptors (Lipinski definition) is 3. The van der Waals surface area contributed by atoms with Gasteiger partial charge in [0.1, 0.15) is 11.3 Å². The van der Waals surface area contributed by atoms with Crippen LogP contribution >= 0.6 is 23.2 Å². The minimum atomic E-state index is -0.411. The molecule has 1 aliphatic heterocycles. The molecule has 0 saturated heterocycles. The average Bonchev–Trinajstić information content (AvgIpc) is 1.59. The quantitative estimate of drug-likeness (QED) is 0.516. The summed E-state index contributed by atoms with van der Waals surface area (Å²) in [5, 5.41) is 3.22. The molecule has 0 radical (unpaired) electrons. The minimum Gasteiger partial charge on any atom is -0.321 e. The van der Waals surface area contributed by atoms with Crippen molar-refractivity contribution in [3.63, 3.8) is 0 Å². The molecular formula is C4H5Cl2N3. The molecule has 1 heterocycles. The van der Waals surface area contributed by atoms with Gasteiger partial charge < -0.3 is 11.1 Å². The molecule has 1 atom stereocenters. The van der Waals surface area contributed by atoms with Crippen LogP contribution in [0.3, 0.4) is 0 Å². The van der Waals surface area contributed by atoms with E-state index in [4.69, 9.17) is 28.9 Å². The van der Waals surface area contributed by atoms with Crippen LogP contribution in [-0.4, -0.2) is 11.5 Å². The zero-order valence-electron chi connectivity index (χ0n) is 4.44. The molecule has 0 bridgehead atoms. The van der Waals surface area contributed by atoms with Crippen LogP contribution in [0.2, 0.25) is 0 Å². The lowest BCUT2D eigenvalue weighted by molar-refractivity contribution is 0.844. The van der Waals surface area contributed by atoms with Crippen molar-refractivity contribution < 1.29 is 0 Å². The second-order valence-corrected chi connectivity index (χ2v) is 2.32. The van der Waals surface area contributed by atoms with Crippen LogP contribution < -0.4 is 11.1 Å². The predicted molar refractivity (Wildman–Crippen MR) is 38.3 cm³/mol. The summed E-state index contributed by atoms with van der Waals surface area (Å²) in [6.07, 6.45) is 1.15. The molecule has 1 rings (SSSR count). The highest BCUT2D eigenvalue weighted by atomic mass is 35.5. The molecule has 0 aromatic carbocycles. The van der Waals surface area contributed by atoms with E-state index >= 15 is 0 Å². The smallest absolute Gasteiger partial charge is 0.198 e. The number of nitrogens with zero attached hydrogens (tertiary/aromatic N) is 1. The van der Waals surface area contributed by atoms with Gasteiger partial charge in [-0.2, -0.15) is 0 Å². The predicted octanol–water partition coefficient (Wildman–Crippen LogP) is 0.549. The summed E-state index contributed by atoms with van der Waals surface area (Å²) in [6, 6.07) is 0. The maximum atomic E-state index is 5.51. The van der Waals surface area contributed by atoms with E-state index < -0.39 is 6.17 Å².